The summed E-state index contributed by atoms with van der Waals surface area (Å²) < 4.78 is 45.7. The minimum Gasteiger partial charge on any atom is -0.468 e. The van der Waals surface area contributed by atoms with Crippen LogP contribution in [0.25, 0.3) is 11.0 Å². The van der Waals surface area contributed by atoms with E-state index in [9.17, 15) is 28.2 Å². The number of esters is 1. The molecule has 12 heteroatoms. The van der Waals surface area contributed by atoms with Crippen molar-refractivity contribution < 1.29 is 32.9 Å². The number of aliphatic hydroxyl groups is 2. The van der Waals surface area contributed by atoms with Gasteiger partial charge in [-0.05, 0) is 49.6 Å². The number of hydrogen-bond acceptors (Lipinski definition) is 8. The standard InChI is InChI=1S/C27H32F3N5O4/c1-39-26(38)22(15-36)33-10-8-18(23(37)14-33)13-34-11-9-21-24(34)31-16-32-25(21)35(20-6-7-20)12-17-2-4-19(5-3-17)27(28,29)30/h2-5,9,11,16,18,20,22-23,36-37H,6-8,10,12-15H2,1H3/t18-,22?,23+/m0/s1. The van der Waals surface area contributed by atoms with Gasteiger partial charge in [-0.2, -0.15) is 13.2 Å². The zero-order valence-corrected chi connectivity index (χ0v) is 21.6. The summed E-state index contributed by atoms with van der Waals surface area (Å²) in [7, 11) is 1.27. The molecule has 5 rings (SSSR count). The minimum absolute atomic E-state index is 0.0843. The van der Waals surface area contributed by atoms with Gasteiger partial charge < -0.3 is 24.4 Å². The Kier molecular flexibility index (Phi) is 7.79. The van der Waals surface area contributed by atoms with Crippen molar-refractivity contribution in [3.63, 3.8) is 0 Å². The van der Waals surface area contributed by atoms with Gasteiger partial charge in [0.1, 0.15) is 23.8 Å². The molecule has 2 fully saturated rings. The number of benzene rings is 1. The molecule has 2 N–H and O–H groups in total. The molecule has 3 aromatic rings. The maximum atomic E-state index is 13.0. The number of nitrogens with zero attached hydrogens (tertiary/aromatic N) is 5. The monoisotopic (exact) mass is 547 g/mol. The lowest BCUT2D eigenvalue weighted by Crippen LogP contribution is -2.53. The molecule has 210 valence electrons. The SMILES string of the molecule is COC(=O)C(CO)N1CC[C@@H](Cn2ccc3c(N(Cc4ccc(C(F)(F)F)cc4)C4CC4)ncnc32)[C@H](O)C1. The lowest BCUT2D eigenvalue weighted by Gasteiger charge is -2.38. The van der Waals surface area contributed by atoms with E-state index >= 15 is 0 Å². The number of aromatic nitrogens is 3. The van der Waals surface area contributed by atoms with E-state index in [1.165, 1.54) is 25.6 Å². The van der Waals surface area contributed by atoms with Crippen LogP contribution in [0.1, 0.15) is 30.4 Å². The first-order valence-corrected chi connectivity index (χ1v) is 13.0. The summed E-state index contributed by atoms with van der Waals surface area (Å²) in [6.07, 6.45) is 0.916. The van der Waals surface area contributed by atoms with Crippen LogP contribution in [0.3, 0.4) is 0 Å². The highest BCUT2D eigenvalue weighted by molar-refractivity contribution is 5.88. The molecule has 1 saturated heterocycles. The van der Waals surface area contributed by atoms with Crippen molar-refractivity contribution in [1.29, 1.82) is 0 Å². The Balaban J connectivity index is 1.32. The van der Waals surface area contributed by atoms with Crippen LogP contribution in [0.2, 0.25) is 0 Å². The maximum Gasteiger partial charge on any atom is 0.416 e. The second kappa shape index (κ2) is 11.1. The summed E-state index contributed by atoms with van der Waals surface area (Å²) in [4.78, 5) is 24.9. The van der Waals surface area contributed by atoms with Gasteiger partial charge in [0.25, 0.3) is 0 Å². The Labute approximate surface area is 223 Å². The fourth-order valence-corrected chi connectivity index (χ4v) is 5.35. The lowest BCUT2D eigenvalue weighted by molar-refractivity contribution is -0.150. The number of fused-ring (bicyclic) bond motifs is 1. The summed E-state index contributed by atoms with van der Waals surface area (Å²) >= 11 is 0. The number of carbonyl (C=O) groups excluding carboxylic acids is 1. The molecule has 1 unspecified atom stereocenters. The molecule has 0 bridgehead atoms. The van der Waals surface area contributed by atoms with Gasteiger partial charge in [0.2, 0.25) is 0 Å². The number of anilines is 1. The van der Waals surface area contributed by atoms with E-state index in [1.807, 2.05) is 16.8 Å². The normalized spacial score (nSPS) is 21.2. The number of piperidine rings is 1. The van der Waals surface area contributed by atoms with Gasteiger partial charge >= 0.3 is 12.1 Å². The second-order valence-corrected chi connectivity index (χ2v) is 10.3. The number of carbonyl (C=O) groups is 1. The average Bonchev–Trinajstić information content (AvgIpc) is 3.68. The first kappa shape index (κ1) is 27.4. The number of halogens is 3. The number of aliphatic hydroxyl groups excluding tert-OH is 2. The quantitative estimate of drug-likeness (QED) is 0.395. The van der Waals surface area contributed by atoms with Crippen molar-refractivity contribution in [2.24, 2.45) is 5.92 Å². The predicted octanol–water partition coefficient (Wildman–Crippen LogP) is 2.84. The molecule has 0 amide bonds. The number of β-amino-alcohol motifs (C(OH)–C–C–N with tert-alkyl or cyclic N) is 1. The smallest absolute Gasteiger partial charge is 0.416 e. The number of methoxy groups -OCH3 is 1. The highest BCUT2D eigenvalue weighted by Crippen LogP contribution is 2.36. The second-order valence-electron chi connectivity index (χ2n) is 10.3. The molecule has 1 aliphatic heterocycles. The number of alkyl halides is 3. The summed E-state index contributed by atoms with van der Waals surface area (Å²) in [5.41, 5.74) is 0.815. The van der Waals surface area contributed by atoms with Gasteiger partial charge in [-0.3, -0.25) is 9.69 Å². The highest BCUT2D eigenvalue weighted by atomic mass is 19.4. The molecular weight excluding hydrogens is 515 g/mol. The molecule has 2 aliphatic rings. The topological polar surface area (TPSA) is 104 Å². The highest BCUT2D eigenvalue weighted by Gasteiger charge is 2.36. The molecule has 39 heavy (non-hydrogen) atoms. The van der Waals surface area contributed by atoms with Gasteiger partial charge in [-0.1, -0.05) is 12.1 Å². The van der Waals surface area contributed by atoms with Crippen LogP contribution in [0, 0.1) is 5.92 Å². The van der Waals surface area contributed by atoms with Gasteiger partial charge in [0.05, 0.1) is 30.8 Å². The summed E-state index contributed by atoms with van der Waals surface area (Å²) in [5, 5.41) is 21.3. The van der Waals surface area contributed by atoms with Crippen LogP contribution < -0.4 is 4.90 Å². The average molecular weight is 548 g/mol. The van der Waals surface area contributed by atoms with E-state index in [1.54, 1.807) is 4.90 Å². The van der Waals surface area contributed by atoms with Crippen molar-refractivity contribution in [3.05, 3.63) is 54.0 Å². The Hall–Kier alpha value is -3.22. The maximum absolute atomic E-state index is 13.0. The van der Waals surface area contributed by atoms with Crippen LogP contribution >= 0.6 is 0 Å². The van der Waals surface area contributed by atoms with Crippen molar-refractivity contribution in [1.82, 2.24) is 19.4 Å². The molecule has 3 heterocycles. The van der Waals surface area contributed by atoms with Crippen molar-refractivity contribution in [3.8, 4) is 0 Å². The van der Waals surface area contributed by atoms with Crippen molar-refractivity contribution in [2.75, 3.05) is 31.7 Å². The van der Waals surface area contributed by atoms with Crippen molar-refractivity contribution >= 4 is 22.8 Å². The van der Waals surface area contributed by atoms with E-state index in [-0.39, 0.29) is 25.1 Å². The van der Waals surface area contributed by atoms with Crippen LogP contribution in [-0.2, 0) is 28.8 Å². The number of hydrogen-bond donors (Lipinski definition) is 2. The molecule has 1 saturated carbocycles. The van der Waals surface area contributed by atoms with Crippen LogP contribution in [0.5, 0.6) is 0 Å². The van der Waals surface area contributed by atoms with E-state index in [0.717, 1.165) is 47.4 Å². The molecular formula is C27H32F3N5O4. The summed E-state index contributed by atoms with van der Waals surface area (Å²) in [6, 6.07) is 6.63. The molecule has 9 nitrogen and oxygen atoms in total. The van der Waals surface area contributed by atoms with Crippen LogP contribution in [-0.4, -0.2) is 80.6 Å². The van der Waals surface area contributed by atoms with E-state index < -0.39 is 29.9 Å². The number of ether oxygens (including phenoxy) is 1. The third kappa shape index (κ3) is 5.87. The number of likely N-dealkylation sites (tertiary alicyclic amines) is 1. The number of rotatable bonds is 9. The summed E-state index contributed by atoms with van der Waals surface area (Å²) in [5.74, 6) is 0.125. The largest absolute Gasteiger partial charge is 0.468 e. The minimum atomic E-state index is -4.37. The Morgan fingerprint density at radius 1 is 1.18 bits per heavy atom. The van der Waals surface area contributed by atoms with Gasteiger partial charge in [-0.25, -0.2) is 9.97 Å². The van der Waals surface area contributed by atoms with Crippen LogP contribution in [0.15, 0.2) is 42.9 Å². The van der Waals surface area contributed by atoms with E-state index in [4.69, 9.17) is 4.74 Å². The van der Waals surface area contributed by atoms with Gasteiger partial charge in [-0.15, -0.1) is 0 Å². The fourth-order valence-electron chi connectivity index (χ4n) is 5.35. The Morgan fingerprint density at radius 2 is 1.92 bits per heavy atom. The lowest BCUT2D eigenvalue weighted by atomic mass is 9.92. The Morgan fingerprint density at radius 3 is 2.54 bits per heavy atom. The third-order valence-corrected chi connectivity index (χ3v) is 7.70. The molecule has 1 aliphatic carbocycles. The predicted molar refractivity (Wildman–Crippen MR) is 137 cm³/mol. The Bertz CT molecular complexity index is 1290. The zero-order chi connectivity index (χ0) is 27.7. The van der Waals surface area contributed by atoms with Gasteiger partial charge in [0.15, 0.2) is 0 Å². The molecule has 2 aromatic heterocycles. The molecule has 3 atom stereocenters. The zero-order valence-electron chi connectivity index (χ0n) is 21.6. The third-order valence-electron chi connectivity index (χ3n) is 7.70. The molecule has 0 spiro atoms. The summed E-state index contributed by atoms with van der Waals surface area (Å²) in [6.45, 7) is 1.34. The van der Waals surface area contributed by atoms with Crippen LogP contribution in [0.4, 0.5) is 19.0 Å². The van der Waals surface area contributed by atoms with E-state index in [0.29, 0.717) is 26.1 Å². The first-order valence-electron chi connectivity index (χ1n) is 13.0. The van der Waals surface area contributed by atoms with E-state index in [2.05, 4.69) is 14.9 Å². The molecule has 0 radical (unpaired) electrons. The molecule has 1 aromatic carbocycles. The van der Waals surface area contributed by atoms with Gasteiger partial charge in [0, 0.05) is 37.8 Å². The fraction of sp³-hybridized carbons (Fsp3) is 0.519. The van der Waals surface area contributed by atoms with Crippen molar-refractivity contribution in [2.45, 2.75) is 56.7 Å². The first-order chi connectivity index (χ1) is 18.7.